The average molecular weight is 210 g/mol. The lowest BCUT2D eigenvalue weighted by Crippen LogP contribution is -2.25. The Morgan fingerprint density at radius 3 is 2.79 bits per heavy atom. The maximum absolute atomic E-state index is 6.01. The topological polar surface area (TPSA) is 38.9 Å². The second kappa shape index (κ2) is 6.85. The number of aromatic nitrogens is 1. The summed E-state index contributed by atoms with van der Waals surface area (Å²) in [6.45, 7) is 2.20. The van der Waals surface area contributed by atoms with Gasteiger partial charge in [-0.2, -0.15) is 11.8 Å². The van der Waals surface area contributed by atoms with E-state index in [1.165, 1.54) is 17.7 Å². The molecule has 0 aliphatic heterocycles. The lowest BCUT2D eigenvalue weighted by atomic mass is 10.1. The highest BCUT2D eigenvalue weighted by molar-refractivity contribution is 7.99. The largest absolute Gasteiger partial charge is 0.327 e. The zero-order chi connectivity index (χ0) is 10.2. The van der Waals surface area contributed by atoms with Gasteiger partial charge in [-0.3, -0.25) is 4.98 Å². The highest BCUT2D eigenvalue weighted by Gasteiger charge is 2.03. The second-order valence-corrected chi connectivity index (χ2v) is 4.54. The predicted molar refractivity (Wildman–Crippen MR) is 63.5 cm³/mol. The number of nitrogens with two attached hydrogens (primary N) is 1. The first kappa shape index (κ1) is 11.5. The smallest absolute Gasteiger partial charge is 0.0270 e. The van der Waals surface area contributed by atoms with Gasteiger partial charge in [-0.25, -0.2) is 0 Å². The first-order chi connectivity index (χ1) is 6.83. The van der Waals surface area contributed by atoms with E-state index in [1.807, 2.05) is 36.3 Å². The van der Waals surface area contributed by atoms with Crippen molar-refractivity contribution < 1.29 is 0 Å². The summed E-state index contributed by atoms with van der Waals surface area (Å²) in [6, 6.07) is 4.34. The Morgan fingerprint density at radius 2 is 2.14 bits per heavy atom. The number of thioether (sulfide) groups is 1. The molecule has 78 valence electrons. The molecule has 0 fully saturated rings. The fourth-order valence-electron chi connectivity index (χ4n) is 1.26. The summed E-state index contributed by atoms with van der Waals surface area (Å²) in [7, 11) is 0. The van der Waals surface area contributed by atoms with E-state index in [4.69, 9.17) is 5.73 Å². The molecule has 1 unspecified atom stereocenters. The van der Waals surface area contributed by atoms with Gasteiger partial charge in [0, 0.05) is 24.2 Å². The van der Waals surface area contributed by atoms with Crippen LogP contribution in [0.5, 0.6) is 0 Å². The van der Waals surface area contributed by atoms with Crippen molar-refractivity contribution in [3.8, 4) is 0 Å². The molecule has 0 radical (unpaired) electrons. The molecular formula is C11H18N2S. The Kier molecular flexibility index (Phi) is 5.64. The molecule has 0 spiro atoms. The summed E-state index contributed by atoms with van der Waals surface area (Å²) in [4.78, 5) is 3.98. The molecule has 1 atom stereocenters. The van der Waals surface area contributed by atoms with Crippen LogP contribution in [-0.4, -0.2) is 22.5 Å². The third kappa shape index (κ3) is 4.63. The summed E-state index contributed by atoms with van der Waals surface area (Å²) >= 11 is 1.94. The van der Waals surface area contributed by atoms with Gasteiger partial charge in [0.1, 0.15) is 0 Å². The van der Waals surface area contributed by atoms with Crippen LogP contribution < -0.4 is 5.73 Å². The Balaban J connectivity index is 2.23. The molecule has 0 aliphatic rings. The van der Waals surface area contributed by atoms with Crippen LogP contribution >= 0.6 is 11.8 Å². The first-order valence-electron chi connectivity index (χ1n) is 5.05. The fourth-order valence-corrected chi connectivity index (χ4v) is 2.14. The minimum Gasteiger partial charge on any atom is -0.327 e. The van der Waals surface area contributed by atoms with Gasteiger partial charge in [0.2, 0.25) is 0 Å². The Hall–Kier alpha value is -0.540. The number of nitrogens with zero attached hydrogens (tertiary/aromatic N) is 1. The number of pyridine rings is 1. The quantitative estimate of drug-likeness (QED) is 0.731. The minimum atomic E-state index is 0.272. The molecular weight excluding hydrogens is 192 g/mol. The Morgan fingerprint density at radius 1 is 1.43 bits per heavy atom. The summed E-state index contributed by atoms with van der Waals surface area (Å²) in [5.74, 6) is 2.26. The Labute approximate surface area is 90.3 Å². The lowest BCUT2D eigenvalue weighted by molar-refractivity contribution is 0.747. The Bertz CT molecular complexity index is 238. The van der Waals surface area contributed by atoms with Gasteiger partial charge >= 0.3 is 0 Å². The van der Waals surface area contributed by atoms with Crippen molar-refractivity contribution in [2.24, 2.45) is 5.73 Å². The molecule has 0 saturated carbocycles. The highest BCUT2D eigenvalue weighted by atomic mass is 32.2. The monoisotopic (exact) mass is 210 g/mol. The molecule has 1 heterocycles. The zero-order valence-corrected chi connectivity index (χ0v) is 9.46. The number of hydrogen-bond acceptors (Lipinski definition) is 3. The molecule has 0 aliphatic carbocycles. The molecule has 0 amide bonds. The van der Waals surface area contributed by atoms with Gasteiger partial charge in [-0.1, -0.05) is 6.92 Å². The van der Waals surface area contributed by atoms with Gasteiger partial charge in [-0.05, 0) is 36.3 Å². The fraction of sp³-hybridized carbons (Fsp3) is 0.545. The molecule has 1 aromatic heterocycles. The molecule has 1 aromatic rings. The van der Waals surface area contributed by atoms with Crippen LogP contribution in [0.25, 0.3) is 0 Å². The van der Waals surface area contributed by atoms with Crippen LogP contribution in [0, 0.1) is 0 Å². The van der Waals surface area contributed by atoms with Crippen molar-refractivity contribution in [3.63, 3.8) is 0 Å². The summed E-state index contributed by atoms with van der Waals surface area (Å²) in [5.41, 5.74) is 7.29. The van der Waals surface area contributed by atoms with E-state index in [2.05, 4.69) is 11.9 Å². The second-order valence-electron chi connectivity index (χ2n) is 3.39. The average Bonchev–Trinajstić information content (AvgIpc) is 2.20. The van der Waals surface area contributed by atoms with E-state index in [1.54, 1.807) is 0 Å². The molecule has 2 N–H and O–H groups in total. The van der Waals surface area contributed by atoms with Crippen LogP contribution in [0.2, 0.25) is 0 Å². The van der Waals surface area contributed by atoms with Crippen molar-refractivity contribution in [3.05, 3.63) is 30.1 Å². The molecule has 2 nitrogen and oxygen atoms in total. The molecule has 0 aromatic carbocycles. The molecule has 1 rings (SSSR count). The number of rotatable bonds is 6. The van der Waals surface area contributed by atoms with E-state index in [0.717, 1.165) is 12.2 Å². The van der Waals surface area contributed by atoms with Crippen molar-refractivity contribution >= 4 is 11.8 Å². The molecule has 3 heteroatoms. The van der Waals surface area contributed by atoms with Crippen molar-refractivity contribution in [2.45, 2.75) is 25.8 Å². The predicted octanol–water partition coefficient (Wildman–Crippen LogP) is 2.09. The van der Waals surface area contributed by atoms with Crippen LogP contribution in [0.3, 0.4) is 0 Å². The lowest BCUT2D eigenvalue weighted by Gasteiger charge is -2.10. The standard InChI is InChI=1S/C11H18N2S/c1-2-7-14-9-11(12)8-10-3-5-13-6-4-10/h3-6,11H,2,7-9,12H2,1H3. The SMILES string of the molecule is CCCSCC(N)Cc1ccncc1. The highest BCUT2D eigenvalue weighted by Crippen LogP contribution is 2.07. The maximum Gasteiger partial charge on any atom is 0.0270 e. The van der Waals surface area contributed by atoms with Gasteiger partial charge in [-0.15, -0.1) is 0 Å². The minimum absolute atomic E-state index is 0.272. The van der Waals surface area contributed by atoms with Gasteiger partial charge in [0.15, 0.2) is 0 Å². The van der Waals surface area contributed by atoms with Crippen molar-refractivity contribution in [1.29, 1.82) is 0 Å². The summed E-state index contributed by atoms with van der Waals surface area (Å²) in [5, 5.41) is 0. The number of hydrogen-bond donors (Lipinski definition) is 1. The van der Waals surface area contributed by atoms with Crippen molar-refractivity contribution in [2.75, 3.05) is 11.5 Å². The van der Waals surface area contributed by atoms with Crippen molar-refractivity contribution in [1.82, 2.24) is 4.98 Å². The maximum atomic E-state index is 6.01. The van der Waals surface area contributed by atoms with Crippen LogP contribution in [0.1, 0.15) is 18.9 Å². The van der Waals surface area contributed by atoms with E-state index in [-0.39, 0.29) is 6.04 Å². The van der Waals surface area contributed by atoms with E-state index in [0.29, 0.717) is 0 Å². The molecule has 14 heavy (non-hydrogen) atoms. The van der Waals surface area contributed by atoms with Crippen LogP contribution in [-0.2, 0) is 6.42 Å². The van der Waals surface area contributed by atoms with Crippen LogP contribution in [0.15, 0.2) is 24.5 Å². The molecule has 0 saturated heterocycles. The zero-order valence-electron chi connectivity index (χ0n) is 8.65. The normalized spacial score (nSPS) is 12.7. The van der Waals surface area contributed by atoms with Gasteiger partial charge in [0.05, 0.1) is 0 Å². The van der Waals surface area contributed by atoms with E-state index >= 15 is 0 Å². The van der Waals surface area contributed by atoms with Gasteiger partial charge in [0.25, 0.3) is 0 Å². The third-order valence-corrected chi connectivity index (χ3v) is 3.29. The van der Waals surface area contributed by atoms with E-state index in [9.17, 15) is 0 Å². The van der Waals surface area contributed by atoms with Gasteiger partial charge < -0.3 is 5.73 Å². The summed E-state index contributed by atoms with van der Waals surface area (Å²) in [6.07, 6.45) is 5.83. The first-order valence-corrected chi connectivity index (χ1v) is 6.20. The summed E-state index contributed by atoms with van der Waals surface area (Å²) < 4.78 is 0. The third-order valence-electron chi connectivity index (χ3n) is 1.93. The van der Waals surface area contributed by atoms with Crippen LogP contribution in [0.4, 0.5) is 0 Å². The molecule has 0 bridgehead atoms. The van der Waals surface area contributed by atoms with E-state index < -0.39 is 0 Å².